The van der Waals surface area contributed by atoms with Gasteiger partial charge in [0.05, 0.1) is 25.3 Å². The molecule has 2 aromatic heterocycles. The zero-order valence-electron chi connectivity index (χ0n) is 15.4. The van der Waals surface area contributed by atoms with Crippen LogP contribution in [0.5, 0.6) is 0 Å². The zero-order chi connectivity index (χ0) is 21.7. The van der Waals surface area contributed by atoms with E-state index in [9.17, 15) is 23.3 Å². The summed E-state index contributed by atoms with van der Waals surface area (Å²) in [7, 11) is -4.12. The van der Waals surface area contributed by atoms with E-state index in [0.717, 1.165) is 27.7 Å². The van der Waals surface area contributed by atoms with Crippen LogP contribution >= 0.6 is 34.4 Å². The van der Waals surface area contributed by atoms with Crippen LogP contribution in [0.2, 0.25) is 0 Å². The number of sulfonamides is 1. The second-order valence-electron chi connectivity index (χ2n) is 5.70. The van der Waals surface area contributed by atoms with E-state index in [1.807, 2.05) is 17.5 Å². The van der Waals surface area contributed by atoms with Crippen molar-refractivity contribution in [2.24, 2.45) is 0 Å². The maximum atomic E-state index is 12.4. The number of carbonyl (C=O) groups excluding carboxylic acids is 1. The summed E-state index contributed by atoms with van der Waals surface area (Å²) in [6.07, 6.45) is 1.65. The number of thioether (sulfide) groups is 1. The number of carbonyl (C=O) groups is 1. The van der Waals surface area contributed by atoms with Crippen LogP contribution < -0.4 is 4.72 Å². The number of rotatable bonds is 9. The van der Waals surface area contributed by atoms with Gasteiger partial charge in [0.15, 0.2) is 0 Å². The molecule has 0 radical (unpaired) electrons. The van der Waals surface area contributed by atoms with Gasteiger partial charge in [0.1, 0.15) is 18.2 Å². The molecule has 0 saturated carbocycles. The standard InChI is InChI=1S/C17H15N3O6S4/c1-27-14-5-4-12(7-13(14)20(22)23)30(24,25)18-8-16(21)26-9-11-10-29-17(19-11)15-3-2-6-28-15/h2-7,10,18H,8-9H2,1H3. The summed E-state index contributed by atoms with van der Waals surface area (Å²) < 4.78 is 31.9. The lowest BCUT2D eigenvalue weighted by molar-refractivity contribution is -0.387. The SMILES string of the molecule is CSc1ccc(S(=O)(=O)NCC(=O)OCc2csc(-c3cccs3)n2)cc1[N+](=O)[O-]. The third-order valence-corrected chi connectivity index (χ3v) is 7.84. The number of thiazole rings is 1. The van der Waals surface area contributed by atoms with E-state index in [2.05, 4.69) is 9.71 Å². The molecule has 13 heteroatoms. The topological polar surface area (TPSA) is 128 Å². The molecule has 0 unspecified atom stereocenters. The van der Waals surface area contributed by atoms with Crippen molar-refractivity contribution in [1.82, 2.24) is 9.71 Å². The minimum atomic E-state index is -4.12. The van der Waals surface area contributed by atoms with Gasteiger partial charge in [0, 0.05) is 11.4 Å². The molecule has 1 aromatic carbocycles. The van der Waals surface area contributed by atoms with E-state index in [-0.39, 0.29) is 17.2 Å². The molecular formula is C17H15N3O6S4. The van der Waals surface area contributed by atoms with Crippen LogP contribution in [0.25, 0.3) is 9.88 Å². The summed E-state index contributed by atoms with van der Waals surface area (Å²) in [4.78, 5) is 27.8. The highest BCUT2D eigenvalue weighted by molar-refractivity contribution is 7.98. The van der Waals surface area contributed by atoms with E-state index in [1.165, 1.54) is 23.5 Å². The number of thiophene rings is 1. The van der Waals surface area contributed by atoms with Crippen LogP contribution in [-0.2, 0) is 26.2 Å². The highest BCUT2D eigenvalue weighted by atomic mass is 32.2. The largest absolute Gasteiger partial charge is 0.458 e. The number of benzene rings is 1. The first-order valence-corrected chi connectivity index (χ1v) is 12.7. The lowest BCUT2D eigenvalue weighted by Gasteiger charge is -2.08. The molecule has 1 N–H and O–H groups in total. The average Bonchev–Trinajstić information content (AvgIpc) is 3.42. The Kier molecular flexibility index (Phi) is 7.20. The first-order valence-electron chi connectivity index (χ1n) is 8.26. The molecular weight excluding hydrogens is 470 g/mol. The van der Waals surface area contributed by atoms with Crippen LogP contribution in [-0.4, -0.2) is 37.1 Å². The Morgan fingerprint density at radius 3 is 2.80 bits per heavy atom. The molecule has 0 saturated heterocycles. The molecule has 0 amide bonds. The molecule has 0 aliphatic heterocycles. The molecule has 0 aliphatic carbocycles. The minimum absolute atomic E-state index is 0.0870. The molecule has 30 heavy (non-hydrogen) atoms. The van der Waals surface area contributed by atoms with E-state index >= 15 is 0 Å². The number of nitro benzene ring substituents is 1. The van der Waals surface area contributed by atoms with Crippen molar-refractivity contribution in [3.05, 3.63) is 56.9 Å². The number of esters is 1. The molecule has 0 fully saturated rings. The lowest BCUT2D eigenvalue weighted by Crippen LogP contribution is -2.30. The number of ether oxygens (including phenoxy) is 1. The lowest BCUT2D eigenvalue weighted by atomic mass is 10.3. The number of nitro groups is 1. The predicted molar refractivity (Wildman–Crippen MR) is 115 cm³/mol. The summed E-state index contributed by atoms with van der Waals surface area (Å²) in [6, 6.07) is 7.40. The number of nitrogens with zero attached hydrogens (tertiary/aromatic N) is 2. The van der Waals surface area contributed by atoms with Crippen molar-refractivity contribution >= 4 is 56.1 Å². The second kappa shape index (κ2) is 9.66. The van der Waals surface area contributed by atoms with Crippen LogP contribution in [0.3, 0.4) is 0 Å². The molecule has 0 bridgehead atoms. The molecule has 9 nitrogen and oxygen atoms in total. The monoisotopic (exact) mass is 485 g/mol. The van der Waals surface area contributed by atoms with Crippen LogP contribution in [0.4, 0.5) is 5.69 Å². The third kappa shape index (κ3) is 5.43. The Balaban J connectivity index is 1.57. The zero-order valence-corrected chi connectivity index (χ0v) is 18.7. The van der Waals surface area contributed by atoms with Crippen LogP contribution in [0, 0.1) is 10.1 Å². The maximum absolute atomic E-state index is 12.4. The highest BCUT2D eigenvalue weighted by Gasteiger charge is 2.22. The van der Waals surface area contributed by atoms with E-state index < -0.39 is 27.5 Å². The van der Waals surface area contributed by atoms with Gasteiger partial charge in [0.25, 0.3) is 5.69 Å². The van der Waals surface area contributed by atoms with Gasteiger partial charge in [0.2, 0.25) is 10.0 Å². The van der Waals surface area contributed by atoms with Crippen LogP contribution in [0.1, 0.15) is 5.69 Å². The highest BCUT2D eigenvalue weighted by Crippen LogP contribution is 2.30. The first-order chi connectivity index (χ1) is 14.3. The van der Waals surface area contributed by atoms with Crippen LogP contribution in [0.15, 0.2) is 50.9 Å². The fourth-order valence-corrected chi connectivity index (χ4v) is 5.46. The Bertz CT molecular complexity index is 1160. The van der Waals surface area contributed by atoms with E-state index in [0.29, 0.717) is 10.6 Å². The first kappa shape index (κ1) is 22.4. The number of nitrogens with one attached hydrogen (secondary N) is 1. The van der Waals surface area contributed by atoms with Gasteiger partial charge in [-0.15, -0.1) is 34.4 Å². The molecule has 158 valence electrons. The van der Waals surface area contributed by atoms with Gasteiger partial charge < -0.3 is 4.74 Å². The molecule has 3 aromatic rings. The molecule has 0 atom stereocenters. The van der Waals surface area contributed by atoms with Gasteiger partial charge in [-0.2, -0.15) is 4.72 Å². The molecule has 3 rings (SSSR count). The van der Waals surface area contributed by atoms with Crippen molar-refractivity contribution < 1.29 is 22.9 Å². The summed E-state index contributed by atoms with van der Waals surface area (Å²) in [5.41, 5.74) is 0.237. The van der Waals surface area contributed by atoms with Gasteiger partial charge in [-0.1, -0.05) is 6.07 Å². The summed E-state index contributed by atoms with van der Waals surface area (Å²) in [5, 5.41) is 15.6. The fourth-order valence-electron chi connectivity index (χ4n) is 2.31. The Morgan fingerprint density at radius 1 is 1.33 bits per heavy atom. The van der Waals surface area contributed by atoms with Crippen molar-refractivity contribution in [3.8, 4) is 9.88 Å². The number of hydrogen-bond donors (Lipinski definition) is 1. The molecule has 2 heterocycles. The summed E-state index contributed by atoms with van der Waals surface area (Å²) in [6.45, 7) is -0.696. The van der Waals surface area contributed by atoms with E-state index in [1.54, 1.807) is 23.0 Å². The Morgan fingerprint density at radius 2 is 2.13 bits per heavy atom. The van der Waals surface area contributed by atoms with Crippen molar-refractivity contribution in [2.75, 3.05) is 12.8 Å². The van der Waals surface area contributed by atoms with Gasteiger partial charge in [-0.05, 0) is 29.8 Å². The second-order valence-corrected chi connectivity index (χ2v) is 10.1. The maximum Gasteiger partial charge on any atom is 0.321 e. The molecule has 0 spiro atoms. The quantitative estimate of drug-likeness (QED) is 0.211. The molecule has 0 aliphatic rings. The van der Waals surface area contributed by atoms with Crippen molar-refractivity contribution in [3.63, 3.8) is 0 Å². The number of hydrogen-bond acceptors (Lipinski definition) is 10. The average molecular weight is 486 g/mol. The Labute approximate surface area is 184 Å². The van der Waals surface area contributed by atoms with Gasteiger partial charge in [-0.3, -0.25) is 14.9 Å². The third-order valence-electron chi connectivity index (χ3n) is 3.73. The minimum Gasteiger partial charge on any atom is -0.458 e. The van der Waals surface area contributed by atoms with Crippen molar-refractivity contribution in [2.45, 2.75) is 16.4 Å². The summed E-state index contributed by atoms with van der Waals surface area (Å²) >= 11 is 4.10. The summed E-state index contributed by atoms with van der Waals surface area (Å²) in [5.74, 6) is -0.792. The van der Waals surface area contributed by atoms with E-state index in [4.69, 9.17) is 4.74 Å². The predicted octanol–water partition coefficient (Wildman–Crippen LogP) is 3.52. The fraction of sp³-hybridized carbons (Fsp3) is 0.176. The number of aromatic nitrogens is 1. The normalized spacial score (nSPS) is 11.4. The smallest absolute Gasteiger partial charge is 0.321 e. The van der Waals surface area contributed by atoms with Gasteiger partial charge in [-0.25, -0.2) is 13.4 Å². The van der Waals surface area contributed by atoms with Crippen molar-refractivity contribution in [1.29, 1.82) is 0 Å². The Hall–Kier alpha value is -2.32. The van der Waals surface area contributed by atoms with Gasteiger partial charge >= 0.3 is 5.97 Å².